The fourth-order valence-corrected chi connectivity index (χ4v) is 1.92. The van der Waals surface area contributed by atoms with E-state index >= 15 is 0 Å². The Labute approximate surface area is 116 Å². The van der Waals surface area contributed by atoms with Gasteiger partial charge in [-0.25, -0.2) is 0 Å². The van der Waals surface area contributed by atoms with Crippen LogP contribution in [0, 0.1) is 6.92 Å². The zero-order chi connectivity index (χ0) is 13.1. The van der Waals surface area contributed by atoms with Gasteiger partial charge in [0.15, 0.2) is 0 Å². The third kappa shape index (κ3) is 2.86. The van der Waals surface area contributed by atoms with Crippen molar-refractivity contribution in [3.63, 3.8) is 0 Å². The molecule has 0 atom stereocenters. The SMILES string of the molecule is Cc1ccncc1CNc1cc(Cl)c(Cl)cc1N. The smallest absolute Gasteiger partial charge is 0.0614 e. The van der Waals surface area contributed by atoms with E-state index in [2.05, 4.69) is 10.3 Å². The number of benzene rings is 1. The summed E-state index contributed by atoms with van der Waals surface area (Å²) >= 11 is 11.8. The van der Waals surface area contributed by atoms with E-state index in [1.54, 1.807) is 18.3 Å². The van der Waals surface area contributed by atoms with E-state index in [1.807, 2.05) is 19.2 Å². The summed E-state index contributed by atoms with van der Waals surface area (Å²) in [6, 6.07) is 5.34. The Hall–Kier alpha value is -1.45. The Bertz CT molecular complexity index is 570. The number of rotatable bonds is 3. The molecule has 0 amide bonds. The Balaban J connectivity index is 2.16. The number of nitrogens with one attached hydrogen (secondary N) is 1. The summed E-state index contributed by atoms with van der Waals surface area (Å²) in [7, 11) is 0. The quantitative estimate of drug-likeness (QED) is 0.840. The highest BCUT2D eigenvalue weighted by molar-refractivity contribution is 6.42. The molecule has 0 aliphatic rings. The molecule has 0 fully saturated rings. The summed E-state index contributed by atoms with van der Waals surface area (Å²) in [5.41, 5.74) is 9.51. The van der Waals surface area contributed by atoms with Crippen LogP contribution in [0.25, 0.3) is 0 Å². The zero-order valence-corrected chi connectivity index (χ0v) is 11.4. The predicted molar refractivity (Wildman–Crippen MR) is 77.2 cm³/mol. The lowest BCUT2D eigenvalue weighted by molar-refractivity contribution is 1.08. The zero-order valence-electron chi connectivity index (χ0n) is 9.87. The number of aromatic nitrogens is 1. The molecule has 0 spiro atoms. The molecule has 0 saturated carbocycles. The Morgan fingerprint density at radius 3 is 2.72 bits per heavy atom. The summed E-state index contributed by atoms with van der Waals surface area (Å²) < 4.78 is 0. The van der Waals surface area contributed by atoms with E-state index in [0.29, 0.717) is 22.3 Å². The van der Waals surface area contributed by atoms with Crippen LogP contribution in [0.5, 0.6) is 0 Å². The van der Waals surface area contributed by atoms with Crippen molar-refractivity contribution in [2.24, 2.45) is 0 Å². The van der Waals surface area contributed by atoms with Crippen molar-refractivity contribution in [2.75, 3.05) is 11.1 Å². The molecule has 3 nitrogen and oxygen atoms in total. The van der Waals surface area contributed by atoms with E-state index in [1.165, 1.54) is 5.56 Å². The summed E-state index contributed by atoms with van der Waals surface area (Å²) in [5, 5.41) is 4.17. The molecule has 94 valence electrons. The number of hydrogen-bond acceptors (Lipinski definition) is 3. The Morgan fingerprint density at radius 1 is 1.28 bits per heavy atom. The molecule has 0 radical (unpaired) electrons. The summed E-state index contributed by atoms with van der Waals surface area (Å²) in [6.45, 7) is 2.68. The molecule has 1 heterocycles. The van der Waals surface area contributed by atoms with Gasteiger partial charge < -0.3 is 11.1 Å². The molecule has 1 aromatic heterocycles. The van der Waals surface area contributed by atoms with Crippen molar-refractivity contribution >= 4 is 34.6 Å². The predicted octanol–water partition coefficient (Wildman–Crippen LogP) is 3.89. The van der Waals surface area contributed by atoms with Gasteiger partial charge in [-0.1, -0.05) is 23.2 Å². The number of anilines is 2. The number of nitrogens with zero attached hydrogens (tertiary/aromatic N) is 1. The minimum Gasteiger partial charge on any atom is -0.397 e. The van der Waals surface area contributed by atoms with Crippen molar-refractivity contribution in [3.05, 3.63) is 51.8 Å². The Morgan fingerprint density at radius 2 is 2.00 bits per heavy atom. The molecule has 0 saturated heterocycles. The van der Waals surface area contributed by atoms with Crippen LogP contribution in [-0.4, -0.2) is 4.98 Å². The molecule has 3 N–H and O–H groups in total. The summed E-state index contributed by atoms with van der Waals surface area (Å²) in [6.07, 6.45) is 3.60. The molecular weight excluding hydrogens is 269 g/mol. The first-order valence-electron chi connectivity index (χ1n) is 5.46. The van der Waals surface area contributed by atoms with Gasteiger partial charge in [-0.2, -0.15) is 0 Å². The molecule has 2 aromatic rings. The van der Waals surface area contributed by atoms with E-state index in [-0.39, 0.29) is 0 Å². The second-order valence-electron chi connectivity index (χ2n) is 4.01. The minimum absolute atomic E-state index is 0.456. The van der Waals surface area contributed by atoms with Crippen LogP contribution in [0.15, 0.2) is 30.6 Å². The number of nitrogen functional groups attached to an aromatic ring is 1. The van der Waals surface area contributed by atoms with Gasteiger partial charge in [-0.15, -0.1) is 0 Å². The second-order valence-corrected chi connectivity index (χ2v) is 4.82. The lowest BCUT2D eigenvalue weighted by atomic mass is 10.1. The lowest BCUT2D eigenvalue weighted by Crippen LogP contribution is -2.04. The summed E-state index contributed by atoms with van der Waals surface area (Å²) in [4.78, 5) is 4.09. The maximum absolute atomic E-state index is 5.96. The third-order valence-electron chi connectivity index (χ3n) is 2.71. The molecule has 0 aliphatic heterocycles. The fourth-order valence-electron chi connectivity index (χ4n) is 1.59. The largest absolute Gasteiger partial charge is 0.397 e. The molecule has 0 unspecified atom stereocenters. The van der Waals surface area contributed by atoms with Gasteiger partial charge in [0, 0.05) is 18.9 Å². The van der Waals surface area contributed by atoms with Crippen LogP contribution >= 0.6 is 23.2 Å². The van der Waals surface area contributed by atoms with Crippen molar-refractivity contribution in [1.29, 1.82) is 0 Å². The van der Waals surface area contributed by atoms with Gasteiger partial charge in [0.25, 0.3) is 0 Å². The van der Waals surface area contributed by atoms with E-state index in [4.69, 9.17) is 28.9 Å². The molecule has 0 bridgehead atoms. The van der Waals surface area contributed by atoms with Crippen molar-refractivity contribution in [3.8, 4) is 0 Å². The van der Waals surface area contributed by atoms with Crippen LogP contribution < -0.4 is 11.1 Å². The van der Waals surface area contributed by atoms with E-state index < -0.39 is 0 Å². The van der Waals surface area contributed by atoms with Crippen LogP contribution in [0.2, 0.25) is 10.0 Å². The van der Waals surface area contributed by atoms with Crippen LogP contribution in [0.4, 0.5) is 11.4 Å². The number of aryl methyl sites for hydroxylation is 1. The van der Waals surface area contributed by atoms with Gasteiger partial charge in [0.1, 0.15) is 0 Å². The topological polar surface area (TPSA) is 50.9 Å². The number of nitrogens with two attached hydrogens (primary N) is 1. The number of hydrogen-bond donors (Lipinski definition) is 2. The highest BCUT2D eigenvalue weighted by atomic mass is 35.5. The monoisotopic (exact) mass is 281 g/mol. The molecular formula is C13H13Cl2N3. The maximum atomic E-state index is 5.96. The summed E-state index contributed by atoms with van der Waals surface area (Å²) in [5.74, 6) is 0. The molecule has 18 heavy (non-hydrogen) atoms. The number of pyridine rings is 1. The average molecular weight is 282 g/mol. The van der Waals surface area contributed by atoms with Gasteiger partial charge in [0.05, 0.1) is 21.4 Å². The van der Waals surface area contributed by atoms with Gasteiger partial charge in [-0.05, 0) is 36.2 Å². The standard InChI is InChI=1S/C13H13Cl2N3/c1-8-2-3-17-6-9(8)7-18-13-5-11(15)10(14)4-12(13)16/h2-6,18H,7,16H2,1H3. The van der Waals surface area contributed by atoms with Gasteiger partial charge >= 0.3 is 0 Å². The highest BCUT2D eigenvalue weighted by Crippen LogP contribution is 2.30. The first-order valence-corrected chi connectivity index (χ1v) is 6.21. The van der Waals surface area contributed by atoms with Crippen molar-refractivity contribution in [2.45, 2.75) is 13.5 Å². The van der Waals surface area contributed by atoms with Crippen LogP contribution in [0.1, 0.15) is 11.1 Å². The first kappa shape index (κ1) is 13.0. The minimum atomic E-state index is 0.456. The van der Waals surface area contributed by atoms with Crippen molar-refractivity contribution < 1.29 is 0 Å². The maximum Gasteiger partial charge on any atom is 0.0614 e. The van der Waals surface area contributed by atoms with Crippen LogP contribution in [0.3, 0.4) is 0 Å². The fraction of sp³-hybridized carbons (Fsp3) is 0.154. The highest BCUT2D eigenvalue weighted by Gasteiger charge is 2.05. The number of halogens is 2. The van der Waals surface area contributed by atoms with Crippen LogP contribution in [-0.2, 0) is 6.54 Å². The normalized spacial score (nSPS) is 10.4. The van der Waals surface area contributed by atoms with Crippen molar-refractivity contribution in [1.82, 2.24) is 4.98 Å². The third-order valence-corrected chi connectivity index (χ3v) is 3.43. The second kappa shape index (κ2) is 5.46. The molecule has 5 heteroatoms. The molecule has 2 rings (SSSR count). The molecule has 0 aliphatic carbocycles. The van der Waals surface area contributed by atoms with E-state index in [9.17, 15) is 0 Å². The first-order chi connectivity index (χ1) is 8.58. The Kier molecular flexibility index (Phi) is 3.94. The van der Waals surface area contributed by atoms with Gasteiger partial charge in [-0.3, -0.25) is 4.98 Å². The average Bonchev–Trinajstić information content (AvgIpc) is 2.34. The van der Waals surface area contributed by atoms with Gasteiger partial charge in [0.2, 0.25) is 0 Å². The lowest BCUT2D eigenvalue weighted by Gasteiger charge is -2.11. The van der Waals surface area contributed by atoms with E-state index in [0.717, 1.165) is 11.3 Å². The molecule has 1 aromatic carbocycles.